The number of likely N-dealkylation sites (N-methyl/N-ethyl adjacent to an activating group) is 1. The Morgan fingerprint density at radius 1 is 1.23 bits per heavy atom. The van der Waals surface area contributed by atoms with Gasteiger partial charge in [0.1, 0.15) is 23.9 Å². The van der Waals surface area contributed by atoms with Gasteiger partial charge in [-0.15, -0.1) is 11.3 Å². The maximum Gasteiger partial charge on any atom is 0.400 e. The van der Waals surface area contributed by atoms with Crippen LogP contribution in [-0.4, -0.2) is 104 Å². The number of nitrogens with zero attached hydrogens (tertiary/aromatic N) is 4. The maximum atomic E-state index is 13.2. The summed E-state index contributed by atoms with van der Waals surface area (Å²) in [6.07, 6.45) is 2.50. The Labute approximate surface area is 259 Å². The van der Waals surface area contributed by atoms with Crippen LogP contribution in [0.1, 0.15) is 37.9 Å². The summed E-state index contributed by atoms with van der Waals surface area (Å²) in [4.78, 5) is 39.4. The highest BCUT2D eigenvalue weighted by Gasteiger charge is 2.66. The molecule has 0 bridgehead atoms. The monoisotopic (exact) mass is 653 g/mol. The molecule has 4 rings (SSSR count). The van der Waals surface area contributed by atoms with Crippen LogP contribution in [0.3, 0.4) is 0 Å². The molecule has 2 aromatic rings. The van der Waals surface area contributed by atoms with E-state index in [0.717, 1.165) is 27.9 Å². The third-order valence-electron chi connectivity index (χ3n) is 7.44. The number of nitrogens with one attached hydrogen (secondary N) is 2. The first kappa shape index (κ1) is 33.1. The quantitative estimate of drug-likeness (QED) is 0.0266. The van der Waals surface area contributed by atoms with Gasteiger partial charge in [-0.25, -0.2) is 9.17 Å². The lowest BCUT2D eigenvalue weighted by atomic mass is 9.81. The number of carbonyl (C=O) groups excluding carboxylic acids is 2. The number of β-lactam (4-membered cyclic amide) rings is 1. The van der Waals surface area contributed by atoms with E-state index in [1.54, 1.807) is 24.3 Å². The number of likely N-dealkylation sites (tertiary alicyclic amines) is 1. The molecular weight excluding hydrogens is 616 g/mol. The van der Waals surface area contributed by atoms with Crippen molar-refractivity contribution in [2.45, 2.75) is 38.0 Å². The van der Waals surface area contributed by atoms with Gasteiger partial charge in [-0.2, -0.15) is 8.42 Å². The summed E-state index contributed by atoms with van der Waals surface area (Å²) in [6, 6.07) is 7.09. The maximum absolute atomic E-state index is 13.2. The number of benzene rings is 1. The number of amides is 2. The molecule has 7 N–H and O–H groups in total. The molecule has 18 heteroatoms. The summed E-state index contributed by atoms with van der Waals surface area (Å²) < 4.78 is 43.6. The number of aliphatic imine (C=N–C) groups is 1. The highest BCUT2D eigenvalue weighted by atomic mass is 32.3. The molecule has 2 fully saturated rings. The molecule has 1 aromatic heterocycles. The van der Waals surface area contributed by atoms with E-state index in [1.807, 2.05) is 0 Å². The number of amidine groups is 1. The van der Waals surface area contributed by atoms with E-state index in [1.165, 1.54) is 45.2 Å². The zero-order valence-electron chi connectivity index (χ0n) is 24.6. The van der Waals surface area contributed by atoms with E-state index < -0.39 is 39.2 Å². The molecule has 0 aliphatic carbocycles. The number of nitrogens with two attached hydrogens (primary N) is 2. The number of carbonyl (C=O) groups is 2. The second-order valence-electron chi connectivity index (χ2n) is 11.2. The van der Waals surface area contributed by atoms with Crippen LogP contribution in [0.4, 0.5) is 5.13 Å². The Balaban J connectivity index is 1.35. The van der Waals surface area contributed by atoms with Gasteiger partial charge >= 0.3 is 10.4 Å². The standard InChI is InChI=1S/C26H36N8O8S2/c1-25(2)26(23(36)32-25,42-44(37,38)39)31-22(35)20(19-16-43-24(28)30-19)33-41-15-14-40-18-8-6-17(7-9-18)21(27)29-10-13-34(3)11-4-5-12-34/h6-9,16H,4-5,10-15H2,1-3H3,(H6-,27,28,29,30,31,32,35,36,37,38,39)/p+1/b33-20-/t26-/m1/s1. The number of oxime groups is 1. The van der Waals surface area contributed by atoms with E-state index in [4.69, 9.17) is 21.0 Å². The van der Waals surface area contributed by atoms with Crippen molar-refractivity contribution in [1.82, 2.24) is 15.6 Å². The minimum Gasteiger partial charge on any atom is -0.490 e. The zero-order chi connectivity index (χ0) is 32.2. The summed E-state index contributed by atoms with van der Waals surface area (Å²) in [6.45, 7) is 6.68. The van der Waals surface area contributed by atoms with Crippen molar-refractivity contribution in [3.05, 3.63) is 40.9 Å². The van der Waals surface area contributed by atoms with Gasteiger partial charge in [0.05, 0.1) is 38.8 Å². The van der Waals surface area contributed by atoms with Crippen LogP contribution in [0.25, 0.3) is 0 Å². The molecule has 1 atom stereocenters. The first-order valence-corrected chi connectivity index (χ1v) is 16.0. The Bertz CT molecular complexity index is 1540. The molecule has 0 unspecified atom stereocenters. The first-order chi connectivity index (χ1) is 20.6. The van der Waals surface area contributed by atoms with Gasteiger partial charge in [-0.3, -0.25) is 19.1 Å². The van der Waals surface area contributed by atoms with E-state index in [0.29, 0.717) is 18.1 Å². The predicted octanol–water partition coefficient (Wildman–Crippen LogP) is 0.0110. The smallest absolute Gasteiger partial charge is 0.400 e. The molecule has 0 radical (unpaired) electrons. The van der Waals surface area contributed by atoms with Crippen molar-refractivity contribution in [3.8, 4) is 5.75 Å². The number of thiazole rings is 1. The Kier molecular flexibility index (Phi) is 9.79. The van der Waals surface area contributed by atoms with Gasteiger partial charge in [0.25, 0.3) is 17.5 Å². The van der Waals surface area contributed by atoms with E-state index in [9.17, 15) is 22.6 Å². The van der Waals surface area contributed by atoms with E-state index in [-0.39, 0.29) is 24.0 Å². The highest BCUT2D eigenvalue weighted by molar-refractivity contribution is 7.81. The number of ether oxygens (including phenoxy) is 1. The number of aromatic nitrogens is 1. The highest BCUT2D eigenvalue weighted by Crippen LogP contribution is 2.34. The predicted molar refractivity (Wildman–Crippen MR) is 162 cm³/mol. The van der Waals surface area contributed by atoms with Crippen LogP contribution in [0, 0.1) is 0 Å². The Morgan fingerprint density at radius 3 is 2.48 bits per heavy atom. The van der Waals surface area contributed by atoms with Gasteiger partial charge < -0.3 is 36.2 Å². The topological polar surface area (TPSA) is 230 Å². The molecular formula is C26H37N8O8S2+. The molecule has 44 heavy (non-hydrogen) atoms. The zero-order valence-corrected chi connectivity index (χ0v) is 26.2. The molecule has 0 spiro atoms. The summed E-state index contributed by atoms with van der Waals surface area (Å²) in [5, 5.41) is 9.96. The van der Waals surface area contributed by atoms with Gasteiger partial charge in [-0.1, -0.05) is 5.16 Å². The van der Waals surface area contributed by atoms with Crippen molar-refractivity contribution in [2.75, 3.05) is 52.2 Å². The van der Waals surface area contributed by atoms with Crippen molar-refractivity contribution >= 4 is 50.2 Å². The third kappa shape index (κ3) is 7.81. The van der Waals surface area contributed by atoms with Crippen molar-refractivity contribution < 1.29 is 40.8 Å². The fourth-order valence-electron chi connectivity index (χ4n) is 4.89. The average Bonchev–Trinajstić information content (AvgIpc) is 3.57. The van der Waals surface area contributed by atoms with Crippen LogP contribution < -0.4 is 26.8 Å². The SMILES string of the molecule is CC1(C)NC(=O)[C@@]1(NC(=O)/C(=N\OCCOc1ccc(C(N)=NCC[N+]2(C)CCCC2)cc1)c1csc(N)n1)OS(=O)(=O)O. The van der Waals surface area contributed by atoms with Crippen LogP contribution in [0.15, 0.2) is 39.8 Å². The number of quaternary nitrogens is 1. The fraction of sp³-hybridized carbons (Fsp3) is 0.500. The summed E-state index contributed by atoms with van der Waals surface area (Å²) >= 11 is 1.01. The van der Waals surface area contributed by atoms with Crippen LogP contribution in [0.2, 0.25) is 0 Å². The second-order valence-corrected chi connectivity index (χ2v) is 13.1. The summed E-state index contributed by atoms with van der Waals surface area (Å²) in [5.74, 6) is -1.08. The number of rotatable bonds is 14. The van der Waals surface area contributed by atoms with E-state index in [2.05, 4.69) is 37.0 Å². The molecule has 3 heterocycles. The van der Waals surface area contributed by atoms with Gasteiger partial charge in [-0.05, 0) is 38.1 Å². The Morgan fingerprint density at radius 2 is 1.91 bits per heavy atom. The van der Waals surface area contributed by atoms with Gasteiger partial charge in [0.2, 0.25) is 0 Å². The fourth-order valence-corrected chi connectivity index (χ4v) is 6.08. The lowest BCUT2D eigenvalue weighted by Crippen LogP contribution is -2.86. The second kappa shape index (κ2) is 13.0. The normalized spacial score (nSPS) is 21.3. The molecule has 16 nitrogen and oxygen atoms in total. The van der Waals surface area contributed by atoms with E-state index >= 15 is 0 Å². The molecule has 240 valence electrons. The summed E-state index contributed by atoms with van der Waals surface area (Å²) in [7, 11) is -2.91. The number of anilines is 1. The minimum atomic E-state index is -5.16. The number of nitrogen functional groups attached to an aromatic ring is 1. The molecule has 1 aromatic carbocycles. The minimum absolute atomic E-state index is 0.00315. The van der Waals surface area contributed by atoms with Crippen LogP contribution >= 0.6 is 11.3 Å². The van der Waals surface area contributed by atoms with Crippen LogP contribution in [-0.2, 0) is 29.0 Å². The lowest BCUT2D eigenvalue weighted by Gasteiger charge is -2.52. The first-order valence-electron chi connectivity index (χ1n) is 13.7. The third-order valence-corrected chi connectivity index (χ3v) is 8.58. The molecule has 2 aliphatic heterocycles. The average molecular weight is 654 g/mol. The summed E-state index contributed by atoms with van der Waals surface area (Å²) in [5.41, 5.74) is 8.33. The van der Waals surface area contributed by atoms with Gasteiger partial charge in [0, 0.05) is 23.8 Å². The number of hydrogen-bond donors (Lipinski definition) is 5. The van der Waals surface area contributed by atoms with Crippen molar-refractivity contribution in [1.29, 1.82) is 0 Å². The van der Waals surface area contributed by atoms with Gasteiger partial charge in [0.15, 0.2) is 17.5 Å². The lowest BCUT2D eigenvalue weighted by molar-refractivity contribution is -0.896. The Hall–Kier alpha value is -3.84. The van der Waals surface area contributed by atoms with Crippen LogP contribution in [0.5, 0.6) is 5.75 Å². The van der Waals surface area contributed by atoms with Crippen molar-refractivity contribution in [3.63, 3.8) is 0 Å². The number of hydrogen-bond acceptors (Lipinski definition) is 12. The molecule has 0 saturated carbocycles. The molecule has 2 aliphatic rings. The largest absolute Gasteiger partial charge is 0.490 e. The molecule has 2 amide bonds. The van der Waals surface area contributed by atoms with Crippen molar-refractivity contribution in [2.24, 2.45) is 15.9 Å². The molecule has 2 saturated heterocycles.